The lowest BCUT2D eigenvalue weighted by Crippen LogP contribution is -1.98. The van der Waals surface area contributed by atoms with Crippen molar-refractivity contribution in [2.45, 2.75) is 33.1 Å². The van der Waals surface area contributed by atoms with E-state index in [1.165, 1.54) is 25.0 Å². The quantitative estimate of drug-likeness (QED) is 0.534. The summed E-state index contributed by atoms with van der Waals surface area (Å²) in [7, 11) is 0. The highest BCUT2D eigenvalue weighted by Crippen LogP contribution is 2.47. The minimum Gasteiger partial charge on any atom is -0.130 e. The maximum atomic E-state index is 2.39. The van der Waals surface area contributed by atoms with Crippen molar-refractivity contribution in [2.24, 2.45) is 11.8 Å². The van der Waals surface area contributed by atoms with Gasteiger partial charge in [-0.2, -0.15) is 0 Å². The molecule has 0 saturated carbocycles. The van der Waals surface area contributed by atoms with Crippen LogP contribution in [0.15, 0.2) is 10.5 Å². The molecule has 11 heavy (non-hydrogen) atoms. The molecule has 0 saturated heterocycles. The standard InChI is InChI=1S/C10H16S/c1-7-6-8(2)10-9(7)4-3-5-11-10/h7-8H,3-6H2,1-2H3. The number of rotatable bonds is 0. The first-order valence-corrected chi connectivity index (χ1v) is 5.63. The van der Waals surface area contributed by atoms with Gasteiger partial charge in [-0.1, -0.05) is 19.4 Å². The Labute approximate surface area is 73.4 Å². The van der Waals surface area contributed by atoms with E-state index in [2.05, 4.69) is 25.6 Å². The first-order chi connectivity index (χ1) is 5.29. The van der Waals surface area contributed by atoms with Crippen LogP contribution in [-0.2, 0) is 0 Å². The van der Waals surface area contributed by atoms with Gasteiger partial charge in [0.15, 0.2) is 0 Å². The lowest BCUT2D eigenvalue weighted by molar-refractivity contribution is 0.565. The van der Waals surface area contributed by atoms with E-state index in [4.69, 9.17) is 0 Å². The van der Waals surface area contributed by atoms with Crippen LogP contribution >= 0.6 is 11.8 Å². The molecule has 1 aliphatic carbocycles. The van der Waals surface area contributed by atoms with Gasteiger partial charge >= 0.3 is 0 Å². The van der Waals surface area contributed by atoms with E-state index in [-0.39, 0.29) is 0 Å². The molecule has 0 bridgehead atoms. The van der Waals surface area contributed by atoms with E-state index in [1.54, 1.807) is 10.5 Å². The third-order valence-corrected chi connectivity index (χ3v) is 4.38. The molecule has 0 spiro atoms. The monoisotopic (exact) mass is 168 g/mol. The molecule has 1 aliphatic heterocycles. The summed E-state index contributed by atoms with van der Waals surface area (Å²) < 4.78 is 0. The van der Waals surface area contributed by atoms with Crippen LogP contribution < -0.4 is 0 Å². The molecule has 0 nitrogen and oxygen atoms in total. The molecule has 1 heteroatoms. The SMILES string of the molecule is CC1CC(C)C2=C1CCCS2. The van der Waals surface area contributed by atoms with E-state index < -0.39 is 0 Å². The Hall–Kier alpha value is 0.0900. The molecule has 2 aliphatic rings. The van der Waals surface area contributed by atoms with Crippen LogP contribution in [0.5, 0.6) is 0 Å². The molecule has 0 aromatic carbocycles. The second kappa shape index (κ2) is 2.85. The number of allylic oxidation sites excluding steroid dienone is 2. The van der Waals surface area contributed by atoms with Gasteiger partial charge in [0.1, 0.15) is 0 Å². The maximum absolute atomic E-state index is 2.39. The summed E-state index contributed by atoms with van der Waals surface area (Å²) in [5.41, 5.74) is 1.80. The van der Waals surface area contributed by atoms with Crippen molar-refractivity contribution in [3.63, 3.8) is 0 Å². The average molecular weight is 168 g/mol. The van der Waals surface area contributed by atoms with E-state index in [9.17, 15) is 0 Å². The number of hydrogen-bond acceptors (Lipinski definition) is 1. The Morgan fingerprint density at radius 2 is 2.09 bits per heavy atom. The van der Waals surface area contributed by atoms with Gasteiger partial charge in [-0.3, -0.25) is 0 Å². The van der Waals surface area contributed by atoms with Gasteiger partial charge < -0.3 is 0 Å². The van der Waals surface area contributed by atoms with Crippen LogP contribution in [0.1, 0.15) is 33.1 Å². The fourth-order valence-corrected chi connectivity index (χ4v) is 3.77. The smallest absolute Gasteiger partial charge is 0.00201 e. The van der Waals surface area contributed by atoms with Crippen molar-refractivity contribution in [1.82, 2.24) is 0 Å². The molecule has 0 N–H and O–H groups in total. The highest BCUT2D eigenvalue weighted by Gasteiger charge is 2.29. The summed E-state index contributed by atoms with van der Waals surface area (Å²) >= 11 is 2.13. The van der Waals surface area contributed by atoms with Gasteiger partial charge in [0, 0.05) is 0 Å². The third kappa shape index (κ3) is 1.24. The molecule has 0 aromatic rings. The van der Waals surface area contributed by atoms with Crippen molar-refractivity contribution in [3.05, 3.63) is 10.5 Å². The van der Waals surface area contributed by atoms with E-state index in [1.807, 2.05) is 0 Å². The molecule has 2 atom stereocenters. The van der Waals surface area contributed by atoms with Crippen LogP contribution in [0, 0.1) is 11.8 Å². The van der Waals surface area contributed by atoms with Crippen LogP contribution in [-0.4, -0.2) is 5.75 Å². The topological polar surface area (TPSA) is 0 Å². The zero-order valence-corrected chi connectivity index (χ0v) is 8.21. The van der Waals surface area contributed by atoms with Crippen molar-refractivity contribution in [1.29, 1.82) is 0 Å². The molecule has 0 aromatic heterocycles. The summed E-state index contributed by atoms with van der Waals surface area (Å²) in [6.07, 6.45) is 4.23. The van der Waals surface area contributed by atoms with Gasteiger partial charge in [0.05, 0.1) is 0 Å². The molecule has 0 radical (unpaired) electrons. The van der Waals surface area contributed by atoms with Crippen molar-refractivity contribution in [3.8, 4) is 0 Å². The predicted octanol–water partition coefficient (Wildman–Crippen LogP) is 3.44. The van der Waals surface area contributed by atoms with Crippen LogP contribution in [0.2, 0.25) is 0 Å². The second-order valence-corrected chi connectivity index (χ2v) is 5.02. The second-order valence-electron chi connectivity index (χ2n) is 3.88. The van der Waals surface area contributed by atoms with Gasteiger partial charge in [0.2, 0.25) is 0 Å². The zero-order chi connectivity index (χ0) is 7.84. The third-order valence-electron chi connectivity index (χ3n) is 2.91. The minimum atomic E-state index is 0.880. The first-order valence-electron chi connectivity index (χ1n) is 4.64. The Morgan fingerprint density at radius 1 is 1.27 bits per heavy atom. The number of thioether (sulfide) groups is 1. The lowest BCUT2D eigenvalue weighted by atomic mass is 9.99. The van der Waals surface area contributed by atoms with Crippen LogP contribution in [0.25, 0.3) is 0 Å². The van der Waals surface area contributed by atoms with Crippen molar-refractivity contribution in [2.75, 3.05) is 5.75 Å². The lowest BCUT2D eigenvalue weighted by Gasteiger charge is -2.16. The fourth-order valence-electron chi connectivity index (χ4n) is 2.39. The van der Waals surface area contributed by atoms with Crippen LogP contribution in [0.4, 0.5) is 0 Å². The molecule has 2 unspecified atom stereocenters. The van der Waals surface area contributed by atoms with E-state index in [0.717, 1.165) is 11.8 Å². The van der Waals surface area contributed by atoms with E-state index >= 15 is 0 Å². The Balaban J connectivity index is 2.25. The van der Waals surface area contributed by atoms with Gasteiger partial charge in [-0.15, -0.1) is 11.8 Å². The Morgan fingerprint density at radius 3 is 2.82 bits per heavy atom. The van der Waals surface area contributed by atoms with Gasteiger partial charge in [-0.05, 0) is 41.8 Å². The minimum absolute atomic E-state index is 0.880. The number of hydrogen-bond donors (Lipinski definition) is 0. The average Bonchev–Trinajstić information content (AvgIpc) is 2.30. The van der Waals surface area contributed by atoms with Crippen molar-refractivity contribution >= 4 is 11.8 Å². The molecule has 1 heterocycles. The predicted molar refractivity (Wildman–Crippen MR) is 51.7 cm³/mol. The Bertz CT molecular complexity index is 173. The molecule has 62 valence electrons. The summed E-state index contributed by atoms with van der Waals surface area (Å²) in [5.74, 6) is 3.15. The molecular weight excluding hydrogens is 152 g/mol. The Kier molecular flexibility index (Phi) is 2.00. The maximum Gasteiger partial charge on any atom is -0.00201 e. The van der Waals surface area contributed by atoms with Gasteiger partial charge in [0.25, 0.3) is 0 Å². The highest BCUT2D eigenvalue weighted by atomic mass is 32.2. The molecule has 2 rings (SSSR count). The van der Waals surface area contributed by atoms with Crippen molar-refractivity contribution < 1.29 is 0 Å². The van der Waals surface area contributed by atoms with Crippen LogP contribution in [0.3, 0.4) is 0 Å². The summed E-state index contributed by atoms with van der Waals surface area (Å²) in [4.78, 5) is 1.75. The summed E-state index contributed by atoms with van der Waals surface area (Å²) in [6.45, 7) is 4.78. The fraction of sp³-hybridized carbons (Fsp3) is 0.800. The summed E-state index contributed by atoms with van der Waals surface area (Å²) in [6, 6.07) is 0. The molecule has 0 fully saturated rings. The molecule has 0 amide bonds. The normalized spacial score (nSPS) is 37.6. The molecular formula is C10H16S. The first kappa shape index (κ1) is 7.72. The zero-order valence-electron chi connectivity index (χ0n) is 7.39. The highest BCUT2D eigenvalue weighted by molar-refractivity contribution is 8.03. The summed E-state index contributed by atoms with van der Waals surface area (Å²) in [5, 5.41) is 0. The van der Waals surface area contributed by atoms with E-state index in [0.29, 0.717) is 0 Å². The largest absolute Gasteiger partial charge is 0.130 e. The van der Waals surface area contributed by atoms with Gasteiger partial charge in [-0.25, -0.2) is 0 Å².